The highest BCUT2D eigenvalue weighted by atomic mass is 127. The summed E-state index contributed by atoms with van der Waals surface area (Å²) in [7, 11) is 0. The van der Waals surface area contributed by atoms with E-state index < -0.39 is 0 Å². The van der Waals surface area contributed by atoms with E-state index in [4.69, 9.17) is 0 Å². The number of anilines is 1. The van der Waals surface area contributed by atoms with Crippen LogP contribution in [0.1, 0.15) is 45.4 Å². The van der Waals surface area contributed by atoms with Crippen LogP contribution in [-0.4, -0.2) is 17.5 Å². The normalized spacial score (nSPS) is 19.4. The summed E-state index contributed by atoms with van der Waals surface area (Å²) >= 11 is 2.21. The second-order valence-electron chi connectivity index (χ2n) is 5.84. The van der Waals surface area contributed by atoms with Gasteiger partial charge in [-0.1, -0.05) is 13.3 Å². The lowest BCUT2D eigenvalue weighted by molar-refractivity contribution is -0.124. The molecule has 1 aromatic carbocycles. The quantitative estimate of drug-likeness (QED) is 0.556. The van der Waals surface area contributed by atoms with Gasteiger partial charge in [0.15, 0.2) is 0 Å². The molecule has 1 saturated carbocycles. The highest BCUT2D eigenvalue weighted by Gasteiger charge is 2.16. The third kappa shape index (κ3) is 6.29. The molecule has 2 N–H and O–H groups in total. The van der Waals surface area contributed by atoms with Crippen molar-refractivity contribution in [2.45, 2.75) is 45.4 Å². The van der Waals surface area contributed by atoms with Gasteiger partial charge in [-0.05, 0) is 72.0 Å². The Morgan fingerprint density at radius 3 is 2.57 bits per heavy atom. The van der Waals surface area contributed by atoms with Crippen LogP contribution < -0.4 is 10.7 Å². The van der Waals surface area contributed by atoms with E-state index in [0.717, 1.165) is 34.2 Å². The number of nitrogens with zero attached hydrogens (tertiary/aromatic N) is 1. The summed E-state index contributed by atoms with van der Waals surface area (Å²) in [6, 6.07) is 7.53. The zero-order valence-electron chi connectivity index (χ0n) is 13.3. The van der Waals surface area contributed by atoms with Gasteiger partial charge in [-0.3, -0.25) is 9.59 Å². The number of hydrogen-bond donors (Lipinski definition) is 2. The topological polar surface area (TPSA) is 70.6 Å². The summed E-state index contributed by atoms with van der Waals surface area (Å²) < 4.78 is 1.11. The van der Waals surface area contributed by atoms with Crippen molar-refractivity contribution in [1.82, 2.24) is 5.43 Å². The highest BCUT2D eigenvalue weighted by Crippen LogP contribution is 2.20. The third-order valence-electron chi connectivity index (χ3n) is 3.92. The van der Waals surface area contributed by atoms with E-state index in [2.05, 4.69) is 45.4 Å². The lowest BCUT2D eigenvalue weighted by Crippen LogP contribution is -2.25. The first-order chi connectivity index (χ1) is 11.0. The van der Waals surface area contributed by atoms with Crippen molar-refractivity contribution in [3.8, 4) is 0 Å². The van der Waals surface area contributed by atoms with E-state index in [9.17, 15) is 9.59 Å². The Balaban J connectivity index is 1.72. The van der Waals surface area contributed by atoms with Crippen LogP contribution in [0.2, 0.25) is 0 Å². The Hall–Kier alpha value is -1.44. The number of rotatable bonds is 5. The maximum atomic E-state index is 11.8. The number of halogens is 1. The van der Waals surface area contributed by atoms with Crippen molar-refractivity contribution in [1.29, 1.82) is 0 Å². The summed E-state index contributed by atoms with van der Waals surface area (Å²) in [6.07, 6.45) is 4.74. The van der Waals surface area contributed by atoms with Crippen LogP contribution in [-0.2, 0) is 9.59 Å². The zero-order valence-corrected chi connectivity index (χ0v) is 15.4. The minimum absolute atomic E-state index is 0.140. The Kier molecular flexibility index (Phi) is 7.01. The van der Waals surface area contributed by atoms with E-state index in [-0.39, 0.29) is 24.7 Å². The molecule has 2 rings (SSSR count). The lowest BCUT2D eigenvalue weighted by Gasteiger charge is -2.19. The van der Waals surface area contributed by atoms with Crippen LogP contribution in [0.5, 0.6) is 0 Å². The molecule has 124 valence electrons. The molecule has 0 spiro atoms. The second kappa shape index (κ2) is 9.00. The van der Waals surface area contributed by atoms with Gasteiger partial charge in [-0.25, -0.2) is 5.43 Å². The molecule has 0 saturated heterocycles. The smallest absolute Gasteiger partial charge is 0.240 e. The third-order valence-corrected chi connectivity index (χ3v) is 4.64. The minimum Gasteiger partial charge on any atom is -0.326 e. The Morgan fingerprint density at radius 2 is 1.87 bits per heavy atom. The van der Waals surface area contributed by atoms with E-state index in [1.54, 1.807) is 0 Å². The molecule has 0 radical (unpaired) electrons. The van der Waals surface area contributed by atoms with Gasteiger partial charge in [0, 0.05) is 27.8 Å². The van der Waals surface area contributed by atoms with Crippen LogP contribution in [0.3, 0.4) is 0 Å². The van der Waals surface area contributed by atoms with Crippen molar-refractivity contribution < 1.29 is 9.59 Å². The van der Waals surface area contributed by atoms with Gasteiger partial charge in [0.25, 0.3) is 0 Å². The van der Waals surface area contributed by atoms with Crippen molar-refractivity contribution in [3.05, 3.63) is 27.8 Å². The molecule has 0 aromatic heterocycles. The van der Waals surface area contributed by atoms with Crippen LogP contribution in [0.25, 0.3) is 0 Å². The van der Waals surface area contributed by atoms with Crippen molar-refractivity contribution in [3.63, 3.8) is 0 Å². The number of hydrogen-bond acceptors (Lipinski definition) is 3. The fourth-order valence-electron chi connectivity index (χ4n) is 2.51. The number of hydrazone groups is 1. The Bertz CT molecular complexity index is 584. The van der Waals surface area contributed by atoms with Gasteiger partial charge < -0.3 is 5.32 Å². The Morgan fingerprint density at radius 1 is 1.17 bits per heavy atom. The van der Waals surface area contributed by atoms with E-state index in [0.29, 0.717) is 5.92 Å². The highest BCUT2D eigenvalue weighted by molar-refractivity contribution is 14.1. The van der Waals surface area contributed by atoms with E-state index in [1.165, 1.54) is 6.42 Å². The monoisotopic (exact) mass is 427 g/mol. The van der Waals surface area contributed by atoms with Gasteiger partial charge in [-0.15, -0.1) is 0 Å². The summed E-state index contributed by atoms with van der Waals surface area (Å²) in [4.78, 5) is 23.6. The molecule has 1 fully saturated rings. The van der Waals surface area contributed by atoms with Gasteiger partial charge >= 0.3 is 0 Å². The molecule has 0 bridgehead atoms. The maximum absolute atomic E-state index is 11.8. The summed E-state index contributed by atoms with van der Waals surface area (Å²) in [5.74, 6) is 0.0568. The number of amides is 2. The molecule has 1 atom stereocenters. The first-order valence-electron chi connectivity index (χ1n) is 7.95. The maximum Gasteiger partial charge on any atom is 0.240 e. The van der Waals surface area contributed by atoms with E-state index in [1.807, 2.05) is 24.3 Å². The van der Waals surface area contributed by atoms with Crippen molar-refractivity contribution in [2.24, 2.45) is 11.0 Å². The molecule has 2 amide bonds. The largest absolute Gasteiger partial charge is 0.326 e. The van der Waals surface area contributed by atoms with Gasteiger partial charge in [0.1, 0.15) is 0 Å². The number of carbonyl (C=O) groups is 2. The standard InChI is InChI=1S/C17H22IN3O2/c1-12-4-2-3-5-15(12)20-21-17(23)11-10-16(22)19-14-8-6-13(18)7-9-14/h6-9,12H,2-5,10-11H2,1H3,(H,19,22)(H,21,23)/b20-15-/t12-/m1/s1. The summed E-state index contributed by atoms with van der Waals surface area (Å²) in [5.41, 5.74) is 4.38. The van der Waals surface area contributed by atoms with Crippen LogP contribution in [0.4, 0.5) is 5.69 Å². The second-order valence-corrected chi connectivity index (χ2v) is 7.09. The van der Waals surface area contributed by atoms with Crippen molar-refractivity contribution >= 4 is 45.8 Å². The average molecular weight is 427 g/mol. The van der Waals surface area contributed by atoms with Gasteiger partial charge in [0.05, 0.1) is 0 Å². The number of carbonyl (C=O) groups excluding carboxylic acids is 2. The summed E-state index contributed by atoms with van der Waals surface area (Å²) in [5, 5.41) is 7.00. The molecule has 0 heterocycles. The van der Waals surface area contributed by atoms with Gasteiger partial charge in [-0.2, -0.15) is 5.10 Å². The zero-order chi connectivity index (χ0) is 16.7. The molecule has 0 unspecified atom stereocenters. The first-order valence-corrected chi connectivity index (χ1v) is 9.03. The summed E-state index contributed by atoms with van der Waals surface area (Å²) in [6.45, 7) is 2.14. The number of benzene rings is 1. The molecular formula is C17H22IN3O2. The van der Waals surface area contributed by atoms with Crippen LogP contribution >= 0.6 is 22.6 Å². The SMILES string of the molecule is C[C@@H]1CCCC/C1=N/NC(=O)CCC(=O)Nc1ccc(I)cc1. The molecule has 6 heteroatoms. The fraction of sp³-hybridized carbons (Fsp3) is 0.471. The first kappa shape index (κ1) is 17.9. The average Bonchev–Trinajstić information content (AvgIpc) is 2.54. The molecule has 1 aliphatic carbocycles. The van der Waals surface area contributed by atoms with Crippen LogP contribution in [0.15, 0.2) is 29.4 Å². The predicted octanol–water partition coefficient (Wildman–Crippen LogP) is 3.69. The predicted molar refractivity (Wildman–Crippen MR) is 100 cm³/mol. The fourth-order valence-corrected chi connectivity index (χ4v) is 2.87. The number of nitrogens with one attached hydrogen (secondary N) is 2. The molecular weight excluding hydrogens is 405 g/mol. The van der Waals surface area contributed by atoms with E-state index >= 15 is 0 Å². The van der Waals surface area contributed by atoms with Crippen molar-refractivity contribution in [2.75, 3.05) is 5.32 Å². The minimum atomic E-state index is -0.215. The van der Waals surface area contributed by atoms with Gasteiger partial charge in [0.2, 0.25) is 11.8 Å². The molecule has 5 nitrogen and oxygen atoms in total. The molecule has 1 aromatic rings. The molecule has 1 aliphatic rings. The Labute approximate surface area is 150 Å². The van der Waals surface area contributed by atoms with Crippen LogP contribution in [0, 0.1) is 9.49 Å². The molecule has 0 aliphatic heterocycles. The molecule has 23 heavy (non-hydrogen) atoms. The lowest BCUT2D eigenvalue weighted by atomic mass is 9.89.